The SMILES string of the molecule is O=C(CN1C(=O)c2cccc([N+](=O)[O-])c2C1=O)Nc1cnc2ccccc2c1. The first-order valence-corrected chi connectivity index (χ1v) is 8.24. The monoisotopic (exact) mass is 376 g/mol. The summed E-state index contributed by atoms with van der Waals surface area (Å²) in [7, 11) is 0. The van der Waals surface area contributed by atoms with Crippen molar-refractivity contribution in [3.05, 3.63) is 76.0 Å². The number of nitrogens with zero attached hydrogens (tertiary/aromatic N) is 3. The smallest absolute Gasteiger partial charge is 0.282 e. The van der Waals surface area contributed by atoms with E-state index in [0.717, 1.165) is 17.0 Å². The highest BCUT2D eigenvalue weighted by Crippen LogP contribution is 2.30. The van der Waals surface area contributed by atoms with Crippen LogP contribution in [0.15, 0.2) is 54.7 Å². The van der Waals surface area contributed by atoms with Gasteiger partial charge >= 0.3 is 0 Å². The van der Waals surface area contributed by atoms with Crippen LogP contribution in [-0.2, 0) is 4.79 Å². The first-order chi connectivity index (χ1) is 13.5. The number of aromatic nitrogens is 1. The van der Waals surface area contributed by atoms with E-state index in [9.17, 15) is 24.5 Å². The summed E-state index contributed by atoms with van der Waals surface area (Å²) in [5, 5.41) is 14.5. The zero-order valence-electron chi connectivity index (χ0n) is 14.3. The van der Waals surface area contributed by atoms with Gasteiger partial charge in [0, 0.05) is 11.5 Å². The molecule has 3 aromatic rings. The number of imide groups is 1. The molecule has 3 amide bonds. The molecule has 28 heavy (non-hydrogen) atoms. The van der Waals surface area contributed by atoms with E-state index in [2.05, 4.69) is 10.3 Å². The molecule has 2 heterocycles. The summed E-state index contributed by atoms with van der Waals surface area (Å²) in [5.74, 6) is -2.22. The second kappa shape index (κ2) is 6.54. The molecule has 1 N–H and O–H groups in total. The Labute approximate surface area is 157 Å². The van der Waals surface area contributed by atoms with E-state index >= 15 is 0 Å². The molecule has 1 aliphatic rings. The Morgan fingerprint density at radius 2 is 1.89 bits per heavy atom. The highest BCUT2D eigenvalue weighted by molar-refractivity contribution is 6.24. The van der Waals surface area contributed by atoms with Crippen molar-refractivity contribution in [3.63, 3.8) is 0 Å². The maximum absolute atomic E-state index is 12.5. The molecule has 0 atom stereocenters. The molecule has 1 aromatic heterocycles. The predicted octanol–water partition coefficient (Wildman–Crippen LogP) is 2.38. The van der Waals surface area contributed by atoms with Crippen LogP contribution in [0, 0.1) is 10.1 Å². The number of carbonyl (C=O) groups excluding carboxylic acids is 3. The molecule has 1 aliphatic heterocycles. The van der Waals surface area contributed by atoms with Crippen molar-refractivity contribution in [2.75, 3.05) is 11.9 Å². The quantitative estimate of drug-likeness (QED) is 0.424. The Kier molecular flexibility index (Phi) is 4.04. The molecular weight excluding hydrogens is 364 g/mol. The second-order valence-electron chi connectivity index (χ2n) is 6.12. The average Bonchev–Trinajstić information content (AvgIpc) is 2.92. The Morgan fingerprint density at radius 3 is 2.68 bits per heavy atom. The van der Waals surface area contributed by atoms with E-state index in [4.69, 9.17) is 0 Å². The van der Waals surface area contributed by atoms with Gasteiger partial charge in [-0.3, -0.25) is 34.4 Å². The van der Waals surface area contributed by atoms with E-state index in [-0.39, 0.29) is 11.1 Å². The molecular formula is C19H12N4O5. The third-order valence-corrected chi connectivity index (χ3v) is 4.35. The van der Waals surface area contributed by atoms with E-state index in [1.54, 1.807) is 6.07 Å². The van der Waals surface area contributed by atoms with Crippen LogP contribution in [0.25, 0.3) is 10.9 Å². The number of hydrogen-bond acceptors (Lipinski definition) is 6. The lowest BCUT2D eigenvalue weighted by Gasteiger charge is -2.13. The summed E-state index contributed by atoms with van der Waals surface area (Å²) in [4.78, 5) is 52.6. The van der Waals surface area contributed by atoms with E-state index in [1.165, 1.54) is 18.3 Å². The lowest BCUT2D eigenvalue weighted by atomic mass is 10.1. The van der Waals surface area contributed by atoms with Crippen LogP contribution in [0.2, 0.25) is 0 Å². The third kappa shape index (κ3) is 2.84. The number of para-hydroxylation sites is 1. The van der Waals surface area contributed by atoms with E-state index in [1.807, 2.05) is 24.3 Å². The molecule has 4 rings (SSSR count). The van der Waals surface area contributed by atoms with Crippen LogP contribution in [0.5, 0.6) is 0 Å². The molecule has 0 saturated heterocycles. The van der Waals surface area contributed by atoms with Gasteiger partial charge in [-0.25, -0.2) is 0 Å². The summed E-state index contributed by atoms with van der Waals surface area (Å²) in [6.45, 7) is -0.559. The number of pyridine rings is 1. The van der Waals surface area contributed by atoms with Gasteiger partial charge in [0.25, 0.3) is 17.5 Å². The van der Waals surface area contributed by atoms with Gasteiger partial charge < -0.3 is 5.32 Å². The summed E-state index contributed by atoms with van der Waals surface area (Å²) < 4.78 is 0. The van der Waals surface area contributed by atoms with E-state index < -0.39 is 34.9 Å². The Balaban J connectivity index is 1.54. The van der Waals surface area contributed by atoms with Crippen LogP contribution in [0.1, 0.15) is 20.7 Å². The fourth-order valence-corrected chi connectivity index (χ4v) is 3.09. The van der Waals surface area contributed by atoms with Crippen molar-refractivity contribution in [1.82, 2.24) is 9.88 Å². The van der Waals surface area contributed by atoms with Crippen molar-refractivity contribution in [2.45, 2.75) is 0 Å². The van der Waals surface area contributed by atoms with Gasteiger partial charge in [0.15, 0.2) is 0 Å². The van der Waals surface area contributed by atoms with Gasteiger partial charge in [0.2, 0.25) is 5.91 Å². The van der Waals surface area contributed by atoms with Crippen LogP contribution in [-0.4, -0.2) is 39.1 Å². The molecule has 0 radical (unpaired) electrons. The van der Waals surface area contributed by atoms with Gasteiger partial charge in [-0.1, -0.05) is 24.3 Å². The van der Waals surface area contributed by atoms with Crippen molar-refractivity contribution in [1.29, 1.82) is 0 Å². The van der Waals surface area contributed by atoms with Gasteiger partial charge in [-0.15, -0.1) is 0 Å². The third-order valence-electron chi connectivity index (χ3n) is 4.35. The number of nitrogens with one attached hydrogen (secondary N) is 1. The molecule has 2 aromatic carbocycles. The summed E-state index contributed by atoms with van der Waals surface area (Å²) >= 11 is 0. The summed E-state index contributed by atoms with van der Waals surface area (Å²) in [6.07, 6.45) is 1.47. The first kappa shape index (κ1) is 17.3. The largest absolute Gasteiger partial charge is 0.323 e. The van der Waals surface area contributed by atoms with Crippen molar-refractivity contribution in [3.8, 4) is 0 Å². The Hall–Kier alpha value is -4.14. The fourth-order valence-electron chi connectivity index (χ4n) is 3.09. The number of hydrogen-bond donors (Lipinski definition) is 1. The first-order valence-electron chi connectivity index (χ1n) is 8.24. The van der Waals surface area contributed by atoms with Crippen LogP contribution in [0.3, 0.4) is 0 Å². The van der Waals surface area contributed by atoms with Gasteiger partial charge in [0.1, 0.15) is 12.1 Å². The molecule has 0 fully saturated rings. The van der Waals surface area contributed by atoms with Crippen molar-refractivity contribution in [2.24, 2.45) is 0 Å². The van der Waals surface area contributed by atoms with E-state index in [0.29, 0.717) is 10.6 Å². The second-order valence-corrected chi connectivity index (χ2v) is 6.12. The number of benzene rings is 2. The summed E-state index contributed by atoms with van der Waals surface area (Å²) in [5.41, 5.74) is 0.328. The minimum absolute atomic E-state index is 0.0839. The molecule has 138 valence electrons. The number of fused-ring (bicyclic) bond motifs is 2. The zero-order valence-corrected chi connectivity index (χ0v) is 14.3. The Morgan fingerprint density at radius 1 is 1.11 bits per heavy atom. The number of nitro groups is 1. The highest BCUT2D eigenvalue weighted by atomic mass is 16.6. The fraction of sp³-hybridized carbons (Fsp3) is 0.0526. The maximum atomic E-state index is 12.5. The van der Waals surface area contributed by atoms with Crippen molar-refractivity contribution >= 4 is 40.0 Å². The molecule has 0 aliphatic carbocycles. The Bertz CT molecular complexity index is 1170. The topological polar surface area (TPSA) is 123 Å². The standard InChI is InChI=1S/C19H12N4O5/c24-16(21-12-8-11-4-1-2-6-14(11)20-9-12)10-22-18(25)13-5-3-7-15(23(27)28)17(13)19(22)26/h1-9H,10H2,(H,21,24). The molecule has 0 unspecified atom stereocenters. The molecule has 9 heteroatoms. The molecule has 9 nitrogen and oxygen atoms in total. The van der Waals surface area contributed by atoms with Crippen molar-refractivity contribution < 1.29 is 19.3 Å². The number of rotatable bonds is 4. The molecule has 0 saturated carbocycles. The average molecular weight is 376 g/mol. The van der Waals surface area contributed by atoms with Gasteiger partial charge in [-0.2, -0.15) is 0 Å². The van der Waals surface area contributed by atoms with Crippen LogP contribution in [0.4, 0.5) is 11.4 Å². The normalized spacial score (nSPS) is 12.9. The predicted molar refractivity (Wildman–Crippen MR) is 98.8 cm³/mol. The van der Waals surface area contributed by atoms with Crippen LogP contribution < -0.4 is 5.32 Å². The lowest BCUT2D eigenvalue weighted by molar-refractivity contribution is -0.385. The lowest BCUT2D eigenvalue weighted by Crippen LogP contribution is -2.37. The minimum Gasteiger partial charge on any atom is -0.323 e. The molecule has 0 bridgehead atoms. The molecule has 0 spiro atoms. The minimum atomic E-state index is -0.862. The maximum Gasteiger partial charge on any atom is 0.282 e. The summed E-state index contributed by atoms with van der Waals surface area (Å²) in [6, 6.07) is 12.9. The number of anilines is 1. The number of nitro benzene ring substituents is 1. The number of carbonyl (C=O) groups is 3. The highest BCUT2D eigenvalue weighted by Gasteiger charge is 2.41. The van der Waals surface area contributed by atoms with Gasteiger partial charge in [0.05, 0.1) is 27.9 Å². The number of amides is 3. The zero-order chi connectivity index (χ0) is 19.8. The van der Waals surface area contributed by atoms with Gasteiger partial charge in [-0.05, 0) is 18.2 Å². The van der Waals surface area contributed by atoms with Crippen LogP contribution >= 0.6 is 0 Å².